The van der Waals surface area contributed by atoms with Crippen molar-refractivity contribution in [1.82, 2.24) is 4.98 Å². The van der Waals surface area contributed by atoms with E-state index in [0.717, 1.165) is 27.1 Å². The molecule has 2 rings (SSSR count). The van der Waals surface area contributed by atoms with E-state index >= 15 is 0 Å². The van der Waals surface area contributed by atoms with E-state index in [0.29, 0.717) is 11.7 Å². The van der Waals surface area contributed by atoms with Gasteiger partial charge in [-0.05, 0) is 32.4 Å². The number of hydrogen-bond donors (Lipinski definition) is 1. The third-order valence-corrected chi connectivity index (χ3v) is 3.38. The maximum absolute atomic E-state index is 5.72. The van der Waals surface area contributed by atoms with Crippen LogP contribution in [0.15, 0.2) is 6.07 Å². The first-order valence-electron chi connectivity index (χ1n) is 4.92. The number of fused-ring (bicyclic) bond motifs is 1. The fourth-order valence-corrected chi connectivity index (χ4v) is 2.55. The van der Waals surface area contributed by atoms with Gasteiger partial charge in [-0.1, -0.05) is 11.3 Å². The summed E-state index contributed by atoms with van der Waals surface area (Å²) in [6.45, 7) is 6.74. The molecular formula is C11H14N2OS. The lowest BCUT2D eigenvalue weighted by Crippen LogP contribution is -1.95. The van der Waals surface area contributed by atoms with Crippen LogP contribution >= 0.6 is 11.3 Å². The molecule has 0 aliphatic heterocycles. The van der Waals surface area contributed by atoms with Crippen LogP contribution in [0.2, 0.25) is 0 Å². The van der Waals surface area contributed by atoms with Gasteiger partial charge in [0.2, 0.25) is 0 Å². The number of nitrogen functional groups attached to an aromatic ring is 1. The molecule has 0 saturated carbocycles. The van der Waals surface area contributed by atoms with Crippen molar-refractivity contribution in [3.63, 3.8) is 0 Å². The van der Waals surface area contributed by atoms with Gasteiger partial charge in [0.1, 0.15) is 5.75 Å². The number of benzene rings is 1. The lowest BCUT2D eigenvalue weighted by molar-refractivity contribution is 0.338. The minimum atomic E-state index is 0.616. The lowest BCUT2D eigenvalue weighted by Gasteiger charge is -2.08. The van der Waals surface area contributed by atoms with Crippen molar-refractivity contribution in [2.45, 2.75) is 20.8 Å². The van der Waals surface area contributed by atoms with Gasteiger partial charge in [-0.25, -0.2) is 4.98 Å². The molecule has 0 bridgehead atoms. The number of hydrogen-bond acceptors (Lipinski definition) is 4. The van der Waals surface area contributed by atoms with Crippen LogP contribution in [0.1, 0.15) is 18.1 Å². The van der Waals surface area contributed by atoms with Crippen LogP contribution in [0.5, 0.6) is 5.75 Å². The first-order valence-corrected chi connectivity index (χ1v) is 5.74. The smallest absolute Gasteiger partial charge is 0.181 e. The summed E-state index contributed by atoms with van der Waals surface area (Å²) in [7, 11) is 0. The molecule has 2 aromatic rings. The van der Waals surface area contributed by atoms with Crippen molar-refractivity contribution in [2.24, 2.45) is 0 Å². The molecule has 3 nitrogen and oxygen atoms in total. The fourth-order valence-electron chi connectivity index (χ4n) is 1.65. The molecule has 15 heavy (non-hydrogen) atoms. The zero-order chi connectivity index (χ0) is 11.0. The van der Waals surface area contributed by atoms with Crippen molar-refractivity contribution in [3.05, 3.63) is 17.2 Å². The van der Waals surface area contributed by atoms with Crippen LogP contribution in [0.25, 0.3) is 10.2 Å². The molecule has 80 valence electrons. The summed E-state index contributed by atoms with van der Waals surface area (Å²) in [5.41, 5.74) is 8.97. The topological polar surface area (TPSA) is 48.1 Å². The zero-order valence-corrected chi connectivity index (χ0v) is 9.94. The SMILES string of the molecule is CCOc1cc(C)c2nc(N)sc2c1C. The van der Waals surface area contributed by atoms with E-state index < -0.39 is 0 Å². The van der Waals surface area contributed by atoms with E-state index in [2.05, 4.69) is 4.98 Å². The third-order valence-electron chi connectivity index (χ3n) is 2.37. The number of thiazole rings is 1. The minimum Gasteiger partial charge on any atom is -0.494 e. The quantitative estimate of drug-likeness (QED) is 0.850. The van der Waals surface area contributed by atoms with Crippen molar-refractivity contribution >= 4 is 26.7 Å². The van der Waals surface area contributed by atoms with E-state index in [9.17, 15) is 0 Å². The molecule has 0 aliphatic rings. The van der Waals surface area contributed by atoms with Crippen LogP contribution in [-0.2, 0) is 0 Å². The standard InChI is InChI=1S/C11H14N2OS/c1-4-14-8-5-6(2)9-10(7(8)3)15-11(12)13-9/h5H,4H2,1-3H3,(H2,12,13). The summed E-state index contributed by atoms with van der Waals surface area (Å²) in [6.07, 6.45) is 0. The second-order valence-electron chi connectivity index (χ2n) is 3.48. The molecule has 1 aromatic carbocycles. The summed E-state index contributed by atoms with van der Waals surface area (Å²) >= 11 is 1.52. The highest BCUT2D eigenvalue weighted by Crippen LogP contribution is 2.34. The number of nitrogens with zero attached hydrogens (tertiary/aromatic N) is 1. The highest BCUT2D eigenvalue weighted by molar-refractivity contribution is 7.22. The number of aryl methyl sites for hydroxylation is 2. The molecule has 0 spiro atoms. The fraction of sp³-hybridized carbons (Fsp3) is 0.364. The summed E-state index contributed by atoms with van der Waals surface area (Å²) in [5, 5.41) is 0.616. The summed E-state index contributed by atoms with van der Waals surface area (Å²) < 4.78 is 6.71. The van der Waals surface area contributed by atoms with E-state index in [1.165, 1.54) is 11.3 Å². The number of nitrogens with two attached hydrogens (primary N) is 1. The Kier molecular flexibility index (Phi) is 2.52. The minimum absolute atomic E-state index is 0.616. The van der Waals surface area contributed by atoms with Gasteiger partial charge in [-0.15, -0.1) is 0 Å². The van der Waals surface area contributed by atoms with Crippen molar-refractivity contribution < 1.29 is 4.74 Å². The average Bonchev–Trinajstić information content (AvgIpc) is 2.57. The lowest BCUT2D eigenvalue weighted by atomic mass is 10.1. The molecular weight excluding hydrogens is 208 g/mol. The summed E-state index contributed by atoms with van der Waals surface area (Å²) in [6, 6.07) is 2.03. The van der Waals surface area contributed by atoms with Crippen LogP contribution in [-0.4, -0.2) is 11.6 Å². The monoisotopic (exact) mass is 222 g/mol. The first-order chi connectivity index (χ1) is 7.13. The van der Waals surface area contributed by atoms with Crippen molar-refractivity contribution in [1.29, 1.82) is 0 Å². The van der Waals surface area contributed by atoms with Gasteiger partial charge in [0.15, 0.2) is 5.13 Å². The highest BCUT2D eigenvalue weighted by atomic mass is 32.1. The molecule has 0 unspecified atom stereocenters. The number of aromatic nitrogens is 1. The Morgan fingerprint density at radius 3 is 2.87 bits per heavy atom. The number of rotatable bonds is 2. The first kappa shape index (κ1) is 10.2. The van der Waals surface area contributed by atoms with E-state index in [4.69, 9.17) is 10.5 Å². The number of ether oxygens (including phenoxy) is 1. The average molecular weight is 222 g/mol. The molecule has 0 saturated heterocycles. The molecule has 4 heteroatoms. The molecule has 1 heterocycles. The zero-order valence-electron chi connectivity index (χ0n) is 9.13. The van der Waals surface area contributed by atoms with Crippen molar-refractivity contribution in [2.75, 3.05) is 12.3 Å². The molecule has 0 fully saturated rings. The molecule has 0 amide bonds. The van der Waals surface area contributed by atoms with Crippen LogP contribution in [0.3, 0.4) is 0 Å². The van der Waals surface area contributed by atoms with Gasteiger partial charge < -0.3 is 10.5 Å². The Bertz CT molecular complexity index is 505. The Morgan fingerprint density at radius 1 is 1.47 bits per heavy atom. The van der Waals surface area contributed by atoms with Gasteiger partial charge in [0.25, 0.3) is 0 Å². The van der Waals surface area contributed by atoms with Gasteiger partial charge in [0.05, 0.1) is 16.8 Å². The summed E-state index contributed by atoms with van der Waals surface area (Å²) in [5.74, 6) is 0.936. The molecule has 2 N–H and O–H groups in total. The van der Waals surface area contributed by atoms with Crippen molar-refractivity contribution in [3.8, 4) is 5.75 Å². The van der Waals surface area contributed by atoms with E-state index in [-0.39, 0.29) is 0 Å². The van der Waals surface area contributed by atoms with Gasteiger partial charge >= 0.3 is 0 Å². The highest BCUT2D eigenvalue weighted by Gasteiger charge is 2.11. The molecule has 0 radical (unpaired) electrons. The molecule has 0 aliphatic carbocycles. The van der Waals surface area contributed by atoms with Gasteiger partial charge in [0, 0.05) is 5.56 Å². The van der Waals surface area contributed by atoms with E-state index in [1.54, 1.807) is 0 Å². The normalized spacial score (nSPS) is 10.9. The molecule has 1 aromatic heterocycles. The Morgan fingerprint density at radius 2 is 2.20 bits per heavy atom. The maximum atomic E-state index is 5.72. The predicted octanol–water partition coefficient (Wildman–Crippen LogP) is 2.89. The van der Waals surface area contributed by atoms with Crippen LogP contribution in [0, 0.1) is 13.8 Å². The maximum Gasteiger partial charge on any atom is 0.181 e. The largest absolute Gasteiger partial charge is 0.494 e. The molecule has 0 atom stereocenters. The Hall–Kier alpha value is -1.29. The third kappa shape index (κ3) is 1.65. The van der Waals surface area contributed by atoms with Gasteiger partial charge in [-0.2, -0.15) is 0 Å². The Labute approximate surface area is 92.9 Å². The Balaban J connectivity index is 2.71. The van der Waals surface area contributed by atoms with Gasteiger partial charge in [-0.3, -0.25) is 0 Å². The second-order valence-corrected chi connectivity index (χ2v) is 4.51. The number of anilines is 1. The predicted molar refractivity (Wildman–Crippen MR) is 64.7 cm³/mol. The van der Waals surface area contributed by atoms with E-state index in [1.807, 2.05) is 26.8 Å². The summed E-state index contributed by atoms with van der Waals surface area (Å²) in [4.78, 5) is 4.32. The second kappa shape index (κ2) is 3.70. The van der Waals surface area contributed by atoms with Crippen LogP contribution < -0.4 is 10.5 Å². The van der Waals surface area contributed by atoms with Crippen LogP contribution in [0.4, 0.5) is 5.13 Å².